The van der Waals surface area contributed by atoms with Crippen LogP contribution in [0.4, 0.5) is 11.5 Å². The van der Waals surface area contributed by atoms with Gasteiger partial charge in [0.1, 0.15) is 11.0 Å². The zero-order valence-corrected chi connectivity index (χ0v) is 12.9. The summed E-state index contributed by atoms with van der Waals surface area (Å²) in [7, 11) is 0. The predicted octanol–water partition coefficient (Wildman–Crippen LogP) is 3.34. The summed E-state index contributed by atoms with van der Waals surface area (Å²) in [4.78, 5) is 16.1. The van der Waals surface area contributed by atoms with Crippen molar-refractivity contribution in [3.8, 4) is 0 Å². The third-order valence-electron chi connectivity index (χ3n) is 2.57. The van der Waals surface area contributed by atoms with Gasteiger partial charge in [0.05, 0.1) is 5.69 Å². The highest BCUT2D eigenvalue weighted by molar-refractivity contribution is 9.10. The molecule has 0 unspecified atom stereocenters. The van der Waals surface area contributed by atoms with Gasteiger partial charge in [0.2, 0.25) is 0 Å². The second-order valence-corrected chi connectivity index (χ2v) is 5.39. The zero-order chi connectivity index (χ0) is 14.7. The van der Waals surface area contributed by atoms with Crippen molar-refractivity contribution in [2.45, 2.75) is 6.92 Å². The number of rotatable bonds is 3. The van der Waals surface area contributed by atoms with Crippen LogP contribution in [0.2, 0.25) is 5.15 Å². The molecule has 0 radical (unpaired) electrons. The third-order valence-corrected chi connectivity index (χ3v) is 3.46. The Bertz CT molecular complexity index is 663. The molecule has 7 heteroatoms. The largest absolute Gasteiger partial charge is 0.321 e. The molecule has 0 aliphatic rings. The van der Waals surface area contributed by atoms with Crippen molar-refractivity contribution in [1.82, 2.24) is 4.98 Å². The molecule has 0 aliphatic heterocycles. The number of benzene rings is 1. The van der Waals surface area contributed by atoms with E-state index in [1.807, 2.05) is 25.1 Å². The maximum atomic E-state index is 12.2. The van der Waals surface area contributed by atoms with Gasteiger partial charge in [-0.2, -0.15) is 0 Å². The lowest BCUT2D eigenvalue weighted by molar-refractivity contribution is 0.102. The fourth-order valence-electron chi connectivity index (χ4n) is 1.63. The van der Waals surface area contributed by atoms with Crippen LogP contribution in [-0.2, 0) is 0 Å². The molecule has 0 atom stereocenters. The highest BCUT2D eigenvalue weighted by Crippen LogP contribution is 2.24. The molecular formula is C13H12BrClN4O. The van der Waals surface area contributed by atoms with E-state index in [-0.39, 0.29) is 11.1 Å². The maximum Gasteiger partial charge on any atom is 0.255 e. The highest BCUT2D eigenvalue weighted by Gasteiger charge is 2.11. The van der Waals surface area contributed by atoms with Crippen LogP contribution in [0.15, 0.2) is 34.8 Å². The molecule has 2 aromatic rings. The quantitative estimate of drug-likeness (QED) is 0.448. The first kappa shape index (κ1) is 14.8. The Labute approximate surface area is 129 Å². The van der Waals surface area contributed by atoms with Crippen LogP contribution >= 0.6 is 27.5 Å². The van der Waals surface area contributed by atoms with Crippen molar-refractivity contribution in [3.05, 3.63) is 51.1 Å². The number of halogens is 2. The molecule has 1 aromatic carbocycles. The van der Waals surface area contributed by atoms with E-state index >= 15 is 0 Å². The van der Waals surface area contributed by atoms with Gasteiger partial charge >= 0.3 is 0 Å². The Kier molecular flexibility index (Phi) is 4.59. The molecule has 0 bridgehead atoms. The molecule has 0 spiro atoms. The first-order chi connectivity index (χ1) is 9.49. The van der Waals surface area contributed by atoms with Crippen molar-refractivity contribution in [1.29, 1.82) is 0 Å². The first-order valence-corrected chi connectivity index (χ1v) is 6.88. The molecule has 1 aromatic heterocycles. The van der Waals surface area contributed by atoms with E-state index in [1.165, 1.54) is 12.1 Å². The van der Waals surface area contributed by atoms with Gasteiger partial charge in [0, 0.05) is 10.0 Å². The van der Waals surface area contributed by atoms with E-state index in [9.17, 15) is 4.79 Å². The van der Waals surface area contributed by atoms with E-state index in [2.05, 4.69) is 31.7 Å². The molecule has 4 N–H and O–H groups in total. The number of hydrazine groups is 1. The molecule has 20 heavy (non-hydrogen) atoms. The van der Waals surface area contributed by atoms with Gasteiger partial charge in [0.25, 0.3) is 5.91 Å². The van der Waals surface area contributed by atoms with Gasteiger partial charge in [-0.05, 0) is 52.7 Å². The SMILES string of the molecule is Cc1ccc(Br)c(NC(=O)c2cc(Cl)nc(NN)c2)c1. The summed E-state index contributed by atoms with van der Waals surface area (Å²) in [6.45, 7) is 1.95. The number of carbonyl (C=O) groups is 1. The second-order valence-electron chi connectivity index (χ2n) is 4.15. The van der Waals surface area contributed by atoms with Crippen LogP contribution in [0, 0.1) is 6.92 Å². The van der Waals surface area contributed by atoms with E-state index in [0.29, 0.717) is 17.1 Å². The standard InChI is InChI=1S/C13H12BrClN4O/c1-7-2-3-9(14)10(4-7)17-13(20)8-5-11(15)18-12(6-8)19-16/h2-6H,16H2,1H3,(H,17,20)(H,18,19). The molecule has 104 valence electrons. The predicted molar refractivity (Wildman–Crippen MR) is 83.9 cm³/mol. The van der Waals surface area contributed by atoms with Gasteiger partial charge < -0.3 is 10.7 Å². The summed E-state index contributed by atoms with van der Waals surface area (Å²) in [5, 5.41) is 2.99. The van der Waals surface area contributed by atoms with Gasteiger partial charge in [0.15, 0.2) is 0 Å². The number of hydrogen-bond acceptors (Lipinski definition) is 4. The number of nitrogens with zero attached hydrogens (tertiary/aromatic N) is 1. The van der Waals surface area contributed by atoms with Gasteiger partial charge in [-0.25, -0.2) is 10.8 Å². The normalized spacial score (nSPS) is 10.2. The zero-order valence-electron chi connectivity index (χ0n) is 10.6. The molecule has 0 saturated carbocycles. The van der Waals surface area contributed by atoms with Crippen LogP contribution in [-0.4, -0.2) is 10.9 Å². The minimum Gasteiger partial charge on any atom is -0.321 e. The van der Waals surface area contributed by atoms with Crippen LogP contribution in [0.3, 0.4) is 0 Å². The minimum absolute atomic E-state index is 0.189. The summed E-state index contributed by atoms with van der Waals surface area (Å²) >= 11 is 9.23. The number of hydrogen-bond donors (Lipinski definition) is 3. The minimum atomic E-state index is -0.294. The van der Waals surface area contributed by atoms with Crippen LogP contribution in [0.1, 0.15) is 15.9 Å². The highest BCUT2D eigenvalue weighted by atomic mass is 79.9. The number of nitrogens with two attached hydrogens (primary N) is 1. The molecule has 2 rings (SSSR count). The maximum absolute atomic E-state index is 12.2. The summed E-state index contributed by atoms with van der Waals surface area (Å²) in [6, 6.07) is 8.68. The lowest BCUT2D eigenvalue weighted by Crippen LogP contribution is -2.15. The summed E-state index contributed by atoms with van der Waals surface area (Å²) in [5.74, 6) is 5.30. The number of nitrogens with one attached hydrogen (secondary N) is 2. The van der Waals surface area contributed by atoms with E-state index in [0.717, 1.165) is 10.0 Å². The lowest BCUT2D eigenvalue weighted by atomic mass is 10.2. The number of amides is 1. The van der Waals surface area contributed by atoms with Gasteiger partial charge in [-0.1, -0.05) is 17.7 Å². The summed E-state index contributed by atoms with van der Waals surface area (Å²) in [6.07, 6.45) is 0. The monoisotopic (exact) mass is 354 g/mol. The molecule has 0 fully saturated rings. The molecule has 0 aliphatic carbocycles. The Hall–Kier alpha value is -1.63. The third kappa shape index (κ3) is 3.47. The molecule has 0 saturated heterocycles. The smallest absolute Gasteiger partial charge is 0.255 e. The van der Waals surface area contributed by atoms with Crippen molar-refractivity contribution < 1.29 is 4.79 Å². The summed E-state index contributed by atoms with van der Waals surface area (Å²) < 4.78 is 0.800. The summed E-state index contributed by atoms with van der Waals surface area (Å²) in [5.41, 5.74) is 4.46. The lowest BCUT2D eigenvalue weighted by Gasteiger charge is -2.09. The van der Waals surface area contributed by atoms with E-state index in [4.69, 9.17) is 17.4 Å². The Morgan fingerprint density at radius 3 is 2.80 bits per heavy atom. The molecule has 1 amide bonds. The van der Waals surface area contributed by atoms with E-state index in [1.54, 1.807) is 0 Å². The second kappa shape index (κ2) is 6.21. The van der Waals surface area contributed by atoms with Crippen LogP contribution in [0.5, 0.6) is 0 Å². The van der Waals surface area contributed by atoms with Gasteiger partial charge in [-0.15, -0.1) is 0 Å². The van der Waals surface area contributed by atoms with Crippen molar-refractivity contribution >= 4 is 44.9 Å². The fraction of sp³-hybridized carbons (Fsp3) is 0.0769. The average Bonchev–Trinajstić information content (AvgIpc) is 2.42. The number of carbonyl (C=O) groups excluding carboxylic acids is 1. The first-order valence-electron chi connectivity index (χ1n) is 5.71. The fourth-order valence-corrected chi connectivity index (χ4v) is 2.19. The molecule has 1 heterocycles. The number of anilines is 2. The van der Waals surface area contributed by atoms with Crippen molar-refractivity contribution in [3.63, 3.8) is 0 Å². The Balaban J connectivity index is 2.28. The molecule has 5 nitrogen and oxygen atoms in total. The number of pyridine rings is 1. The number of aryl methyl sites for hydroxylation is 1. The number of aromatic nitrogens is 1. The van der Waals surface area contributed by atoms with Gasteiger partial charge in [-0.3, -0.25) is 4.79 Å². The Morgan fingerprint density at radius 2 is 2.10 bits per heavy atom. The topological polar surface area (TPSA) is 80.0 Å². The number of nitrogen functional groups attached to an aromatic ring is 1. The van der Waals surface area contributed by atoms with E-state index < -0.39 is 0 Å². The van der Waals surface area contributed by atoms with Crippen molar-refractivity contribution in [2.24, 2.45) is 5.84 Å². The average molecular weight is 356 g/mol. The van der Waals surface area contributed by atoms with Crippen LogP contribution < -0.4 is 16.6 Å². The molecular weight excluding hydrogens is 344 g/mol. The Morgan fingerprint density at radius 1 is 1.35 bits per heavy atom. The van der Waals surface area contributed by atoms with Crippen molar-refractivity contribution in [2.75, 3.05) is 10.7 Å². The van der Waals surface area contributed by atoms with Crippen LogP contribution in [0.25, 0.3) is 0 Å².